The average molecular weight is 355 g/mol. The van der Waals surface area contributed by atoms with Crippen LogP contribution in [0.2, 0.25) is 0 Å². The van der Waals surface area contributed by atoms with E-state index in [1.54, 1.807) is 0 Å². The molecule has 2 heteroatoms. The molecule has 0 saturated carbocycles. The van der Waals surface area contributed by atoms with E-state index in [0.29, 0.717) is 6.61 Å². The van der Waals surface area contributed by atoms with Crippen molar-refractivity contribution in [1.82, 2.24) is 0 Å². The third kappa shape index (κ3) is 3.77. The van der Waals surface area contributed by atoms with Gasteiger partial charge in [0.25, 0.3) is 0 Å². The number of hydrogen-bond donors (Lipinski definition) is 0. The Bertz CT molecular complexity index is 962. The molecule has 0 bridgehead atoms. The molecule has 128 valence electrons. The summed E-state index contributed by atoms with van der Waals surface area (Å²) >= 11 is 0. The molecule has 0 fully saturated rings. The lowest BCUT2D eigenvalue weighted by atomic mass is 10.1. The summed E-state index contributed by atoms with van der Waals surface area (Å²) in [5.74, 6) is 0. The van der Waals surface area contributed by atoms with Gasteiger partial charge < -0.3 is 4.74 Å². The minimum absolute atomic E-state index is 0.669. The van der Waals surface area contributed by atoms with Crippen LogP contribution in [0.5, 0.6) is 0 Å². The minimum Gasteiger partial charge on any atom is -0.380 e. The fourth-order valence-electron chi connectivity index (χ4n) is 3.47. The zero-order chi connectivity index (χ0) is 17.6. The van der Waals surface area contributed by atoms with Crippen LogP contribution in [0.25, 0.3) is 10.8 Å². The van der Waals surface area contributed by atoms with Crippen LogP contribution in [-0.4, -0.2) is 15.0 Å². The van der Waals surface area contributed by atoms with Crippen molar-refractivity contribution in [1.29, 1.82) is 0 Å². The summed E-state index contributed by atoms with van der Waals surface area (Å²) in [5, 5.41) is 5.56. The van der Waals surface area contributed by atoms with Crippen molar-refractivity contribution < 1.29 is 4.74 Å². The van der Waals surface area contributed by atoms with Crippen LogP contribution < -0.4 is 10.4 Å². The smallest absolute Gasteiger partial charge is 0.131 e. The van der Waals surface area contributed by atoms with Crippen molar-refractivity contribution >= 4 is 29.9 Å². The first-order chi connectivity index (χ1) is 12.9. The monoisotopic (exact) mass is 354 g/mol. The molecule has 26 heavy (non-hydrogen) atoms. The second-order valence-corrected chi connectivity index (χ2v) is 9.26. The van der Waals surface area contributed by atoms with Gasteiger partial charge in [-0.1, -0.05) is 108 Å². The molecule has 0 aliphatic heterocycles. The molecular formula is C24H22OSi. The SMILES string of the molecule is c1ccc(COC[Si@H](c2ccccc2)c2cccc3ccccc23)cc1. The van der Waals surface area contributed by atoms with Crippen LogP contribution in [0.15, 0.2) is 103 Å². The zero-order valence-electron chi connectivity index (χ0n) is 14.7. The molecule has 1 atom stereocenters. The summed E-state index contributed by atoms with van der Waals surface area (Å²) in [6.45, 7) is 0.669. The van der Waals surface area contributed by atoms with Gasteiger partial charge in [-0.25, -0.2) is 0 Å². The van der Waals surface area contributed by atoms with E-state index in [2.05, 4.69) is 97.1 Å². The molecule has 0 saturated heterocycles. The van der Waals surface area contributed by atoms with Crippen LogP contribution in [0, 0.1) is 0 Å². The molecule has 0 amide bonds. The lowest BCUT2D eigenvalue weighted by molar-refractivity contribution is 0.162. The van der Waals surface area contributed by atoms with Gasteiger partial charge in [0.15, 0.2) is 0 Å². The highest BCUT2D eigenvalue weighted by Gasteiger charge is 2.19. The summed E-state index contributed by atoms with van der Waals surface area (Å²) < 4.78 is 6.20. The zero-order valence-corrected chi connectivity index (χ0v) is 15.9. The molecule has 4 aromatic carbocycles. The van der Waals surface area contributed by atoms with E-state index < -0.39 is 8.80 Å². The number of ether oxygens (including phenoxy) is 1. The van der Waals surface area contributed by atoms with Crippen LogP contribution in [0.1, 0.15) is 5.56 Å². The van der Waals surface area contributed by atoms with Gasteiger partial charge in [0.1, 0.15) is 8.80 Å². The summed E-state index contributed by atoms with van der Waals surface area (Å²) in [5.41, 5.74) is 1.23. The van der Waals surface area contributed by atoms with E-state index in [1.165, 1.54) is 26.7 Å². The Morgan fingerprint density at radius 1 is 0.615 bits per heavy atom. The third-order valence-electron chi connectivity index (χ3n) is 4.80. The quantitative estimate of drug-likeness (QED) is 0.477. The molecular weight excluding hydrogens is 332 g/mol. The van der Waals surface area contributed by atoms with Gasteiger partial charge in [-0.05, 0) is 21.5 Å². The largest absolute Gasteiger partial charge is 0.380 e. The maximum atomic E-state index is 6.20. The van der Waals surface area contributed by atoms with Gasteiger partial charge in [-0.2, -0.15) is 0 Å². The Labute approximate surface area is 156 Å². The summed E-state index contributed by atoms with van der Waals surface area (Å²) in [6, 6.07) is 36.6. The summed E-state index contributed by atoms with van der Waals surface area (Å²) in [4.78, 5) is 0. The summed E-state index contributed by atoms with van der Waals surface area (Å²) in [6.07, 6.45) is 0.799. The van der Waals surface area contributed by atoms with Crippen LogP contribution in [0.4, 0.5) is 0 Å². The molecule has 0 aromatic heterocycles. The van der Waals surface area contributed by atoms with Crippen molar-refractivity contribution in [3.8, 4) is 0 Å². The number of fused-ring (bicyclic) bond motifs is 1. The second kappa shape index (κ2) is 8.13. The predicted molar refractivity (Wildman–Crippen MR) is 113 cm³/mol. The van der Waals surface area contributed by atoms with Crippen molar-refractivity contribution in [2.45, 2.75) is 6.61 Å². The molecule has 4 aromatic rings. The first-order valence-corrected chi connectivity index (χ1v) is 11.0. The molecule has 0 heterocycles. The molecule has 0 N–H and O–H groups in total. The molecule has 0 spiro atoms. The molecule has 0 aliphatic rings. The average Bonchev–Trinajstić information content (AvgIpc) is 2.72. The normalized spacial score (nSPS) is 12.2. The lowest BCUT2D eigenvalue weighted by Crippen LogP contribution is -2.46. The van der Waals surface area contributed by atoms with Crippen molar-refractivity contribution in [3.63, 3.8) is 0 Å². The van der Waals surface area contributed by atoms with Crippen molar-refractivity contribution in [3.05, 3.63) is 109 Å². The maximum Gasteiger partial charge on any atom is 0.131 e. The highest BCUT2D eigenvalue weighted by Crippen LogP contribution is 2.12. The minimum atomic E-state index is -1.46. The van der Waals surface area contributed by atoms with Gasteiger partial charge in [-0.3, -0.25) is 0 Å². The fourth-order valence-corrected chi connectivity index (χ4v) is 6.23. The van der Waals surface area contributed by atoms with E-state index in [0.717, 1.165) is 6.23 Å². The standard InChI is InChI=1S/C24H22OSi/c1-3-10-20(11-4-1)18-25-19-26(22-14-5-2-6-15-22)24-17-9-13-21-12-7-8-16-23(21)24/h1-17,26H,18-19H2/t26-/m1/s1. The lowest BCUT2D eigenvalue weighted by Gasteiger charge is -2.19. The van der Waals surface area contributed by atoms with E-state index >= 15 is 0 Å². The van der Waals surface area contributed by atoms with E-state index in [-0.39, 0.29) is 0 Å². The molecule has 0 radical (unpaired) electrons. The molecule has 4 rings (SSSR count). The van der Waals surface area contributed by atoms with E-state index in [9.17, 15) is 0 Å². The molecule has 0 unspecified atom stereocenters. The van der Waals surface area contributed by atoms with Gasteiger partial charge in [-0.15, -0.1) is 0 Å². The van der Waals surface area contributed by atoms with E-state index in [4.69, 9.17) is 4.74 Å². The van der Waals surface area contributed by atoms with E-state index in [1.807, 2.05) is 6.07 Å². The Kier molecular flexibility index (Phi) is 5.24. The molecule has 0 aliphatic carbocycles. The predicted octanol–water partition coefficient (Wildman–Crippen LogP) is 3.94. The molecule has 1 nitrogen and oxygen atoms in total. The number of hydrogen-bond acceptors (Lipinski definition) is 1. The van der Waals surface area contributed by atoms with Gasteiger partial charge in [0.2, 0.25) is 0 Å². The van der Waals surface area contributed by atoms with Gasteiger partial charge >= 0.3 is 0 Å². The highest BCUT2D eigenvalue weighted by molar-refractivity contribution is 6.86. The van der Waals surface area contributed by atoms with Gasteiger partial charge in [0.05, 0.1) is 6.61 Å². The number of benzene rings is 4. The van der Waals surface area contributed by atoms with Crippen LogP contribution in [-0.2, 0) is 11.3 Å². The van der Waals surface area contributed by atoms with Crippen molar-refractivity contribution in [2.24, 2.45) is 0 Å². The summed E-state index contributed by atoms with van der Waals surface area (Å²) in [7, 11) is -1.46. The Balaban J connectivity index is 1.65. The first-order valence-electron chi connectivity index (χ1n) is 9.06. The third-order valence-corrected chi connectivity index (χ3v) is 7.81. The number of rotatable bonds is 6. The topological polar surface area (TPSA) is 9.23 Å². The fraction of sp³-hybridized carbons (Fsp3) is 0.0833. The van der Waals surface area contributed by atoms with Crippen molar-refractivity contribution in [2.75, 3.05) is 6.23 Å². The van der Waals surface area contributed by atoms with Gasteiger partial charge in [0, 0.05) is 6.23 Å². The Morgan fingerprint density at radius 3 is 2.08 bits per heavy atom. The highest BCUT2D eigenvalue weighted by atomic mass is 28.3. The maximum absolute atomic E-state index is 6.20. The van der Waals surface area contributed by atoms with Crippen LogP contribution in [0.3, 0.4) is 0 Å². The first kappa shape index (κ1) is 16.8. The Hall–Kier alpha value is -2.68. The second-order valence-electron chi connectivity index (χ2n) is 6.53. The van der Waals surface area contributed by atoms with Crippen LogP contribution >= 0.6 is 0 Å². The Morgan fingerprint density at radius 2 is 1.27 bits per heavy atom.